The van der Waals surface area contributed by atoms with Crippen LogP contribution in [-0.2, 0) is 25.6 Å². The van der Waals surface area contributed by atoms with Gasteiger partial charge in [0.25, 0.3) is 0 Å². The quantitative estimate of drug-likeness (QED) is 0.225. The Kier molecular flexibility index (Phi) is 8.85. The molecule has 0 radical (unpaired) electrons. The minimum Gasteiger partial charge on any atom is -0.508 e. The SMILES string of the molecule is C[C@H](NC(=O)CN)C(=O)N[C@@H](CO)C(=O)N[C@@H](Cc1ccc(O)cc1)C(=O)O. The van der Waals surface area contributed by atoms with Gasteiger partial charge in [0.15, 0.2) is 0 Å². The molecule has 154 valence electrons. The highest BCUT2D eigenvalue weighted by Gasteiger charge is 2.27. The maximum absolute atomic E-state index is 12.3. The van der Waals surface area contributed by atoms with E-state index in [-0.39, 0.29) is 18.7 Å². The fraction of sp³-hybridized carbons (Fsp3) is 0.412. The zero-order chi connectivity index (χ0) is 21.3. The standard InChI is InChI=1S/C17H24N4O7/c1-9(19-14(24)7-18)15(25)21-13(8-22)16(26)20-12(17(27)28)6-10-2-4-11(23)5-3-10/h2-5,9,12-13,22-23H,6-8,18H2,1H3,(H,19,24)(H,20,26)(H,21,25)(H,27,28)/t9-,12-,13-/m0/s1. The number of nitrogens with one attached hydrogen (secondary N) is 3. The summed E-state index contributed by atoms with van der Waals surface area (Å²) in [6.07, 6.45) is -0.0730. The van der Waals surface area contributed by atoms with Crippen LogP contribution in [0.25, 0.3) is 0 Å². The van der Waals surface area contributed by atoms with Gasteiger partial charge in [-0.15, -0.1) is 0 Å². The lowest BCUT2D eigenvalue weighted by Gasteiger charge is -2.22. The third-order valence-electron chi connectivity index (χ3n) is 3.76. The van der Waals surface area contributed by atoms with Crippen LogP contribution in [0.1, 0.15) is 12.5 Å². The predicted molar refractivity (Wildman–Crippen MR) is 97.1 cm³/mol. The molecule has 3 atom stereocenters. The average molecular weight is 396 g/mol. The van der Waals surface area contributed by atoms with E-state index in [9.17, 15) is 34.5 Å². The number of carboxylic acid groups (broad SMARTS) is 1. The molecule has 8 N–H and O–H groups in total. The lowest BCUT2D eigenvalue weighted by atomic mass is 10.1. The van der Waals surface area contributed by atoms with E-state index in [1.165, 1.54) is 31.2 Å². The third-order valence-corrected chi connectivity index (χ3v) is 3.76. The number of aromatic hydroxyl groups is 1. The Bertz CT molecular complexity index is 708. The van der Waals surface area contributed by atoms with Crippen LogP contribution in [0.4, 0.5) is 0 Å². The van der Waals surface area contributed by atoms with E-state index in [4.69, 9.17) is 5.73 Å². The van der Waals surface area contributed by atoms with Gasteiger partial charge in [-0.3, -0.25) is 14.4 Å². The molecule has 0 aliphatic heterocycles. The van der Waals surface area contributed by atoms with Crippen molar-refractivity contribution in [3.63, 3.8) is 0 Å². The van der Waals surface area contributed by atoms with Crippen molar-refractivity contribution in [1.29, 1.82) is 0 Å². The summed E-state index contributed by atoms with van der Waals surface area (Å²) < 4.78 is 0. The number of hydrogen-bond donors (Lipinski definition) is 7. The van der Waals surface area contributed by atoms with Gasteiger partial charge in [-0.1, -0.05) is 12.1 Å². The van der Waals surface area contributed by atoms with Crippen molar-refractivity contribution < 1.29 is 34.5 Å². The highest BCUT2D eigenvalue weighted by atomic mass is 16.4. The van der Waals surface area contributed by atoms with Crippen LogP contribution in [0.2, 0.25) is 0 Å². The van der Waals surface area contributed by atoms with Gasteiger partial charge < -0.3 is 37.0 Å². The Morgan fingerprint density at radius 2 is 1.57 bits per heavy atom. The van der Waals surface area contributed by atoms with Gasteiger partial charge in [-0.05, 0) is 24.6 Å². The second-order valence-electron chi connectivity index (χ2n) is 6.01. The molecule has 0 fully saturated rings. The van der Waals surface area contributed by atoms with Crippen LogP contribution >= 0.6 is 0 Å². The van der Waals surface area contributed by atoms with Crippen LogP contribution < -0.4 is 21.7 Å². The molecule has 0 spiro atoms. The van der Waals surface area contributed by atoms with Gasteiger partial charge in [0.05, 0.1) is 13.2 Å². The van der Waals surface area contributed by atoms with Crippen LogP contribution in [0.15, 0.2) is 24.3 Å². The smallest absolute Gasteiger partial charge is 0.326 e. The number of hydrogen-bond acceptors (Lipinski definition) is 7. The van der Waals surface area contributed by atoms with Gasteiger partial charge in [-0.25, -0.2) is 4.79 Å². The van der Waals surface area contributed by atoms with E-state index < -0.39 is 48.4 Å². The van der Waals surface area contributed by atoms with Gasteiger partial charge in [0.2, 0.25) is 17.7 Å². The molecule has 0 saturated carbocycles. The van der Waals surface area contributed by atoms with E-state index >= 15 is 0 Å². The third kappa shape index (κ3) is 7.21. The number of rotatable bonds is 10. The molecule has 0 saturated heterocycles. The van der Waals surface area contributed by atoms with E-state index in [0.717, 1.165) is 0 Å². The molecule has 0 aromatic heterocycles. The normalized spacial score (nSPS) is 13.7. The number of aliphatic carboxylic acids is 1. The van der Waals surface area contributed by atoms with Gasteiger partial charge in [0.1, 0.15) is 23.9 Å². The zero-order valence-corrected chi connectivity index (χ0v) is 15.2. The number of benzene rings is 1. The summed E-state index contributed by atoms with van der Waals surface area (Å²) in [5.74, 6) is -3.53. The highest BCUT2D eigenvalue weighted by Crippen LogP contribution is 2.11. The first-order chi connectivity index (χ1) is 13.2. The molecular weight excluding hydrogens is 372 g/mol. The zero-order valence-electron chi connectivity index (χ0n) is 15.2. The molecule has 0 unspecified atom stereocenters. The molecule has 11 nitrogen and oxygen atoms in total. The molecule has 0 aliphatic rings. The molecule has 0 heterocycles. The van der Waals surface area contributed by atoms with Crippen molar-refractivity contribution in [1.82, 2.24) is 16.0 Å². The first-order valence-corrected chi connectivity index (χ1v) is 8.39. The Labute approximate surface area is 160 Å². The first-order valence-electron chi connectivity index (χ1n) is 8.39. The van der Waals surface area contributed by atoms with E-state index in [1.807, 2.05) is 0 Å². The number of aliphatic hydroxyl groups excluding tert-OH is 1. The number of aliphatic hydroxyl groups is 1. The molecule has 1 aromatic rings. The number of carbonyl (C=O) groups is 4. The summed E-state index contributed by atoms with van der Waals surface area (Å²) in [4.78, 5) is 46.9. The van der Waals surface area contributed by atoms with E-state index in [1.54, 1.807) is 0 Å². The van der Waals surface area contributed by atoms with Crippen molar-refractivity contribution >= 4 is 23.7 Å². The number of nitrogens with two attached hydrogens (primary N) is 1. The predicted octanol–water partition coefficient (Wildman–Crippen LogP) is -2.56. The lowest BCUT2D eigenvalue weighted by molar-refractivity contribution is -0.142. The summed E-state index contributed by atoms with van der Waals surface area (Å²) in [6, 6.07) is 2.02. The van der Waals surface area contributed by atoms with Gasteiger partial charge >= 0.3 is 5.97 Å². The van der Waals surface area contributed by atoms with Gasteiger partial charge in [0, 0.05) is 6.42 Å². The topological polar surface area (TPSA) is 191 Å². The van der Waals surface area contributed by atoms with Crippen LogP contribution in [0.3, 0.4) is 0 Å². The molecule has 1 rings (SSSR count). The number of amides is 3. The van der Waals surface area contributed by atoms with Crippen LogP contribution in [-0.4, -0.2) is 70.3 Å². The molecule has 11 heteroatoms. The minimum atomic E-state index is -1.41. The summed E-state index contributed by atoms with van der Waals surface area (Å²) >= 11 is 0. The van der Waals surface area contributed by atoms with Crippen molar-refractivity contribution in [2.45, 2.75) is 31.5 Å². The number of phenolic OH excluding ortho intramolecular Hbond substituents is 1. The summed E-state index contributed by atoms with van der Waals surface area (Å²) in [6.45, 7) is 0.264. The maximum atomic E-state index is 12.3. The highest BCUT2D eigenvalue weighted by molar-refractivity contribution is 5.93. The number of carboxylic acids is 1. The molecule has 3 amide bonds. The molecule has 28 heavy (non-hydrogen) atoms. The Morgan fingerprint density at radius 1 is 1.00 bits per heavy atom. The second-order valence-corrected chi connectivity index (χ2v) is 6.01. The van der Waals surface area contributed by atoms with Crippen LogP contribution in [0, 0.1) is 0 Å². The van der Waals surface area contributed by atoms with Crippen molar-refractivity contribution in [3.8, 4) is 5.75 Å². The van der Waals surface area contributed by atoms with E-state index in [0.29, 0.717) is 5.56 Å². The van der Waals surface area contributed by atoms with Crippen molar-refractivity contribution in [2.75, 3.05) is 13.2 Å². The second kappa shape index (κ2) is 10.8. The minimum absolute atomic E-state index is 0.0126. The number of phenols is 1. The summed E-state index contributed by atoms with van der Waals surface area (Å²) in [7, 11) is 0. The molecule has 0 aliphatic carbocycles. The van der Waals surface area contributed by atoms with Crippen molar-refractivity contribution in [3.05, 3.63) is 29.8 Å². The summed E-state index contributed by atoms with van der Waals surface area (Å²) in [5.41, 5.74) is 5.68. The first kappa shape index (κ1) is 22.9. The fourth-order valence-electron chi connectivity index (χ4n) is 2.20. The average Bonchev–Trinajstić information content (AvgIpc) is 2.66. The largest absolute Gasteiger partial charge is 0.508 e. The lowest BCUT2D eigenvalue weighted by Crippen LogP contribution is -2.57. The molecule has 0 bridgehead atoms. The molecular formula is C17H24N4O7. The number of carbonyl (C=O) groups excluding carboxylic acids is 3. The fourth-order valence-corrected chi connectivity index (χ4v) is 2.20. The monoisotopic (exact) mass is 396 g/mol. The van der Waals surface area contributed by atoms with E-state index in [2.05, 4.69) is 16.0 Å². The van der Waals surface area contributed by atoms with Crippen LogP contribution in [0.5, 0.6) is 5.75 Å². The summed E-state index contributed by atoms with van der Waals surface area (Å²) in [5, 5.41) is 34.7. The Morgan fingerprint density at radius 3 is 2.07 bits per heavy atom. The Balaban J connectivity index is 2.73. The Hall–Kier alpha value is -3.18. The van der Waals surface area contributed by atoms with Gasteiger partial charge in [-0.2, -0.15) is 0 Å². The molecule has 1 aromatic carbocycles. The maximum Gasteiger partial charge on any atom is 0.326 e. The van der Waals surface area contributed by atoms with Crippen molar-refractivity contribution in [2.24, 2.45) is 5.73 Å².